The molecular formula is C12H21BrN2O2. The Morgan fingerprint density at radius 1 is 1.47 bits per heavy atom. The van der Waals surface area contributed by atoms with E-state index in [2.05, 4.69) is 27.8 Å². The van der Waals surface area contributed by atoms with E-state index in [9.17, 15) is 4.79 Å². The summed E-state index contributed by atoms with van der Waals surface area (Å²) in [6.07, 6.45) is 0.709. The smallest absolute Gasteiger partial charge is 0.223 e. The standard InChI is InChI=1S/C12H21BrN2O2/c1-10(14-2-4-17-5-3-14)8-15-9-11(7-13)6-12(15)16/h10-11H,2-9H2,1H3. The number of ether oxygens (including phenoxy) is 1. The van der Waals surface area contributed by atoms with Gasteiger partial charge in [-0.25, -0.2) is 0 Å². The lowest BCUT2D eigenvalue weighted by Crippen LogP contribution is -2.47. The molecule has 0 bridgehead atoms. The third kappa shape index (κ3) is 3.42. The van der Waals surface area contributed by atoms with Crippen LogP contribution in [0.5, 0.6) is 0 Å². The maximum absolute atomic E-state index is 11.8. The molecule has 2 rings (SSSR count). The molecular weight excluding hydrogens is 284 g/mol. The highest BCUT2D eigenvalue weighted by Crippen LogP contribution is 2.20. The summed E-state index contributed by atoms with van der Waals surface area (Å²) >= 11 is 3.47. The number of halogens is 1. The lowest BCUT2D eigenvalue weighted by molar-refractivity contribution is -0.128. The minimum Gasteiger partial charge on any atom is -0.379 e. The first-order valence-corrected chi connectivity index (χ1v) is 7.48. The summed E-state index contributed by atoms with van der Waals surface area (Å²) in [6, 6.07) is 0.442. The van der Waals surface area contributed by atoms with Gasteiger partial charge in [-0.3, -0.25) is 9.69 Å². The molecule has 17 heavy (non-hydrogen) atoms. The average molecular weight is 305 g/mol. The Balaban J connectivity index is 1.81. The summed E-state index contributed by atoms with van der Waals surface area (Å²) in [7, 11) is 0. The first kappa shape index (κ1) is 13.3. The molecule has 98 valence electrons. The van der Waals surface area contributed by atoms with Crippen LogP contribution in [0.1, 0.15) is 13.3 Å². The lowest BCUT2D eigenvalue weighted by Gasteiger charge is -2.34. The Labute approximate surface area is 111 Å². The van der Waals surface area contributed by atoms with Crippen LogP contribution < -0.4 is 0 Å². The third-order valence-electron chi connectivity index (χ3n) is 3.67. The minimum atomic E-state index is 0.314. The number of hydrogen-bond acceptors (Lipinski definition) is 3. The summed E-state index contributed by atoms with van der Waals surface area (Å²) < 4.78 is 5.35. The molecule has 0 aliphatic carbocycles. The fraction of sp³-hybridized carbons (Fsp3) is 0.917. The molecule has 2 aliphatic heterocycles. The van der Waals surface area contributed by atoms with E-state index < -0.39 is 0 Å². The van der Waals surface area contributed by atoms with E-state index in [0.717, 1.165) is 44.7 Å². The van der Waals surface area contributed by atoms with E-state index in [1.54, 1.807) is 0 Å². The Bertz CT molecular complexity index is 269. The van der Waals surface area contributed by atoms with Crippen molar-refractivity contribution in [2.75, 3.05) is 44.7 Å². The van der Waals surface area contributed by atoms with Crippen molar-refractivity contribution in [2.24, 2.45) is 5.92 Å². The molecule has 0 aromatic carbocycles. The minimum absolute atomic E-state index is 0.314. The third-order valence-corrected chi connectivity index (χ3v) is 4.58. The summed E-state index contributed by atoms with van der Waals surface area (Å²) in [5, 5.41) is 0.932. The number of hydrogen-bond donors (Lipinski definition) is 0. The van der Waals surface area contributed by atoms with E-state index in [4.69, 9.17) is 4.74 Å². The molecule has 2 fully saturated rings. The van der Waals surface area contributed by atoms with Gasteiger partial charge in [0.1, 0.15) is 0 Å². The highest BCUT2D eigenvalue weighted by Gasteiger charge is 2.30. The zero-order valence-electron chi connectivity index (χ0n) is 10.4. The van der Waals surface area contributed by atoms with Crippen molar-refractivity contribution < 1.29 is 9.53 Å². The van der Waals surface area contributed by atoms with Crippen LogP contribution >= 0.6 is 15.9 Å². The van der Waals surface area contributed by atoms with E-state index in [0.29, 0.717) is 24.3 Å². The van der Waals surface area contributed by atoms with Crippen LogP contribution in [0.4, 0.5) is 0 Å². The van der Waals surface area contributed by atoms with Gasteiger partial charge in [0.05, 0.1) is 13.2 Å². The number of carbonyl (C=O) groups excluding carboxylic acids is 1. The molecule has 0 N–H and O–H groups in total. The van der Waals surface area contributed by atoms with Crippen LogP contribution in [-0.4, -0.2) is 66.5 Å². The maximum Gasteiger partial charge on any atom is 0.223 e. The number of morpholine rings is 1. The van der Waals surface area contributed by atoms with Crippen molar-refractivity contribution >= 4 is 21.8 Å². The van der Waals surface area contributed by atoms with Gasteiger partial charge in [-0.15, -0.1) is 0 Å². The number of carbonyl (C=O) groups is 1. The Morgan fingerprint density at radius 2 is 2.18 bits per heavy atom. The Kier molecular flexibility index (Phi) is 4.82. The van der Waals surface area contributed by atoms with Gasteiger partial charge in [0.2, 0.25) is 5.91 Å². The monoisotopic (exact) mass is 304 g/mol. The number of alkyl halides is 1. The first-order chi connectivity index (χ1) is 8.20. The molecule has 0 aromatic rings. The van der Waals surface area contributed by atoms with E-state index in [1.165, 1.54) is 0 Å². The van der Waals surface area contributed by atoms with Crippen molar-refractivity contribution in [3.8, 4) is 0 Å². The van der Waals surface area contributed by atoms with Crippen molar-refractivity contribution in [1.82, 2.24) is 9.80 Å². The molecule has 0 saturated carbocycles. The topological polar surface area (TPSA) is 32.8 Å². The molecule has 2 atom stereocenters. The van der Waals surface area contributed by atoms with Gasteiger partial charge in [-0.1, -0.05) is 15.9 Å². The predicted molar refractivity (Wildman–Crippen MR) is 70.3 cm³/mol. The highest BCUT2D eigenvalue weighted by molar-refractivity contribution is 9.09. The van der Waals surface area contributed by atoms with Crippen LogP contribution in [0.2, 0.25) is 0 Å². The molecule has 5 heteroatoms. The number of amides is 1. The lowest BCUT2D eigenvalue weighted by atomic mass is 10.2. The van der Waals surface area contributed by atoms with Crippen LogP contribution in [-0.2, 0) is 9.53 Å². The second-order valence-corrected chi connectivity index (χ2v) is 5.67. The molecule has 2 saturated heterocycles. The zero-order valence-corrected chi connectivity index (χ0v) is 12.0. The molecule has 4 nitrogen and oxygen atoms in total. The zero-order chi connectivity index (χ0) is 12.3. The van der Waals surface area contributed by atoms with E-state index in [-0.39, 0.29) is 0 Å². The van der Waals surface area contributed by atoms with Crippen LogP contribution in [0.15, 0.2) is 0 Å². The van der Waals surface area contributed by atoms with Crippen LogP contribution in [0.25, 0.3) is 0 Å². The van der Waals surface area contributed by atoms with Gasteiger partial charge in [0, 0.05) is 44.0 Å². The number of nitrogens with zero attached hydrogens (tertiary/aromatic N) is 2. The molecule has 1 amide bonds. The normalized spacial score (nSPS) is 28.7. The van der Waals surface area contributed by atoms with Crippen LogP contribution in [0.3, 0.4) is 0 Å². The second-order valence-electron chi connectivity index (χ2n) is 5.02. The van der Waals surface area contributed by atoms with Gasteiger partial charge in [-0.2, -0.15) is 0 Å². The van der Waals surface area contributed by atoms with Gasteiger partial charge in [-0.05, 0) is 12.8 Å². The first-order valence-electron chi connectivity index (χ1n) is 6.36. The van der Waals surface area contributed by atoms with Crippen LogP contribution in [0, 0.1) is 5.92 Å². The Hall–Kier alpha value is -0.130. The molecule has 0 radical (unpaired) electrons. The predicted octanol–water partition coefficient (Wildman–Crippen LogP) is 0.950. The number of rotatable bonds is 4. The molecule has 0 spiro atoms. The second kappa shape index (κ2) is 6.16. The van der Waals surface area contributed by atoms with E-state index in [1.807, 2.05) is 4.90 Å². The Morgan fingerprint density at radius 3 is 2.76 bits per heavy atom. The van der Waals surface area contributed by atoms with E-state index >= 15 is 0 Å². The summed E-state index contributed by atoms with van der Waals surface area (Å²) in [5.74, 6) is 0.814. The molecule has 2 aliphatic rings. The molecule has 2 heterocycles. The van der Waals surface area contributed by atoms with Gasteiger partial charge in [0.15, 0.2) is 0 Å². The van der Waals surface area contributed by atoms with Crippen molar-refractivity contribution in [3.63, 3.8) is 0 Å². The number of likely N-dealkylation sites (tertiary alicyclic amines) is 1. The van der Waals surface area contributed by atoms with Crippen molar-refractivity contribution in [3.05, 3.63) is 0 Å². The largest absolute Gasteiger partial charge is 0.379 e. The van der Waals surface area contributed by atoms with Gasteiger partial charge >= 0.3 is 0 Å². The van der Waals surface area contributed by atoms with Crippen molar-refractivity contribution in [2.45, 2.75) is 19.4 Å². The van der Waals surface area contributed by atoms with Gasteiger partial charge in [0.25, 0.3) is 0 Å². The van der Waals surface area contributed by atoms with Gasteiger partial charge < -0.3 is 9.64 Å². The summed E-state index contributed by atoms with van der Waals surface area (Å²) in [5.41, 5.74) is 0. The SMILES string of the molecule is CC(CN1CC(CBr)CC1=O)N1CCOCC1. The quantitative estimate of drug-likeness (QED) is 0.725. The van der Waals surface area contributed by atoms with Crippen molar-refractivity contribution in [1.29, 1.82) is 0 Å². The maximum atomic E-state index is 11.8. The summed E-state index contributed by atoms with van der Waals surface area (Å²) in [6.45, 7) is 7.61. The average Bonchev–Trinajstić information content (AvgIpc) is 2.71. The molecule has 2 unspecified atom stereocenters. The molecule has 0 aromatic heterocycles. The fourth-order valence-electron chi connectivity index (χ4n) is 2.59. The fourth-order valence-corrected chi connectivity index (χ4v) is 3.02. The summed E-state index contributed by atoms with van der Waals surface area (Å²) in [4.78, 5) is 16.3. The highest BCUT2D eigenvalue weighted by atomic mass is 79.9.